The van der Waals surface area contributed by atoms with Crippen molar-refractivity contribution < 1.29 is 18.9 Å². The molecule has 0 radical (unpaired) electrons. The van der Waals surface area contributed by atoms with E-state index in [4.69, 9.17) is 18.9 Å². The smallest absolute Gasteiger partial charge is 0.244 e. The molecule has 1 spiro atoms. The van der Waals surface area contributed by atoms with Crippen LogP contribution in [0.1, 0.15) is 13.8 Å². The topological polar surface area (TPSA) is 36.9 Å². The molecule has 0 unspecified atom stereocenters. The molecule has 3 aliphatic rings. The highest BCUT2D eigenvalue weighted by Crippen LogP contribution is 2.43. The van der Waals surface area contributed by atoms with Gasteiger partial charge in [0.2, 0.25) is 12.1 Å². The molecule has 3 aliphatic heterocycles. The summed E-state index contributed by atoms with van der Waals surface area (Å²) in [5, 5.41) is 0. The monoisotopic (exact) mass is 198 g/mol. The van der Waals surface area contributed by atoms with Crippen molar-refractivity contribution in [1.29, 1.82) is 0 Å². The quantitative estimate of drug-likeness (QED) is 0.540. The highest BCUT2D eigenvalue weighted by molar-refractivity contribution is 5.28. The lowest BCUT2D eigenvalue weighted by Gasteiger charge is -2.37. The van der Waals surface area contributed by atoms with Crippen molar-refractivity contribution in [2.24, 2.45) is 0 Å². The average molecular weight is 198 g/mol. The molecule has 2 atom stereocenters. The Balaban J connectivity index is 2.07. The van der Waals surface area contributed by atoms with E-state index in [9.17, 15) is 0 Å². The second-order valence-electron chi connectivity index (χ2n) is 3.96. The summed E-state index contributed by atoms with van der Waals surface area (Å²) in [5.74, 6) is -0.753. The molecule has 2 bridgehead atoms. The molecule has 14 heavy (non-hydrogen) atoms. The fraction of sp³-hybridized carbons (Fsp3) is 0.800. The van der Waals surface area contributed by atoms with E-state index in [0.717, 1.165) is 5.57 Å². The molecule has 3 rings (SSSR count). The minimum atomic E-state index is -0.753. The molecule has 4 heteroatoms. The standard InChI is InChI=1S/C10H14O4/c1-6-7(2)10(12-3-4-13-10)9-11-5-8(6)14-9/h8-9H,3-5H2,1-2H3/t8-,9-/m1/s1. The lowest BCUT2D eigenvalue weighted by atomic mass is 9.96. The summed E-state index contributed by atoms with van der Waals surface area (Å²) in [6.07, 6.45) is -0.280. The summed E-state index contributed by atoms with van der Waals surface area (Å²) in [6, 6.07) is 0. The summed E-state index contributed by atoms with van der Waals surface area (Å²) < 4.78 is 22.6. The molecule has 0 aromatic rings. The third-order valence-electron chi connectivity index (χ3n) is 3.31. The summed E-state index contributed by atoms with van der Waals surface area (Å²) in [6.45, 7) is 5.93. The number of ether oxygens (including phenoxy) is 4. The van der Waals surface area contributed by atoms with Crippen molar-refractivity contribution in [3.05, 3.63) is 11.1 Å². The molecule has 0 saturated carbocycles. The Labute approximate surface area is 82.8 Å². The van der Waals surface area contributed by atoms with Gasteiger partial charge in [-0.25, -0.2) is 0 Å². The molecule has 0 N–H and O–H groups in total. The van der Waals surface area contributed by atoms with E-state index in [0.29, 0.717) is 19.8 Å². The van der Waals surface area contributed by atoms with E-state index in [-0.39, 0.29) is 12.4 Å². The van der Waals surface area contributed by atoms with E-state index in [1.54, 1.807) is 0 Å². The normalized spacial score (nSPS) is 39.9. The first kappa shape index (κ1) is 8.85. The van der Waals surface area contributed by atoms with Crippen LogP contribution < -0.4 is 0 Å². The molecule has 0 amide bonds. The molecular weight excluding hydrogens is 184 g/mol. The van der Waals surface area contributed by atoms with Gasteiger partial charge in [-0.05, 0) is 25.0 Å². The third-order valence-corrected chi connectivity index (χ3v) is 3.31. The van der Waals surface area contributed by atoms with Gasteiger partial charge < -0.3 is 18.9 Å². The van der Waals surface area contributed by atoms with E-state index in [1.165, 1.54) is 5.57 Å². The van der Waals surface area contributed by atoms with Crippen LogP contribution >= 0.6 is 0 Å². The van der Waals surface area contributed by atoms with Crippen LogP contribution in [0.15, 0.2) is 11.1 Å². The van der Waals surface area contributed by atoms with Crippen molar-refractivity contribution in [3.63, 3.8) is 0 Å². The summed E-state index contributed by atoms with van der Waals surface area (Å²) >= 11 is 0. The van der Waals surface area contributed by atoms with Crippen LogP contribution in [0.2, 0.25) is 0 Å². The van der Waals surface area contributed by atoms with Crippen molar-refractivity contribution in [2.75, 3.05) is 19.8 Å². The Morgan fingerprint density at radius 3 is 2.64 bits per heavy atom. The second kappa shape index (κ2) is 2.79. The number of rotatable bonds is 0. The predicted molar refractivity (Wildman–Crippen MR) is 47.6 cm³/mol. The first-order valence-electron chi connectivity index (χ1n) is 4.97. The van der Waals surface area contributed by atoms with Crippen molar-refractivity contribution >= 4 is 0 Å². The average Bonchev–Trinajstić information content (AvgIpc) is 2.81. The fourth-order valence-electron chi connectivity index (χ4n) is 2.30. The SMILES string of the molecule is CC1=C(C)C2(OCCO2)[C@@H]2OC[C@H]1O2. The maximum atomic E-state index is 5.69. The number of fused-ring (bicyclic) bond motifs is 3. The second-order valence-corrected chi connectivity index (χ2v) is 3.96. The van der Waals surface area contributed by atoms with E-state index >= 15 is 0 Å². The van der Waals surface area contributed by atoms with Gasteiger partial charge in [0.1, 0.15) is 6.10 Å². The third kappa shape index (κ3) is 0.918. The van der Waals surface area contributed by atoms with Gasteiger partial charge in [-0.15, -0.1) is 0 Å². The van der Waals surface area contributed by atoms with Crippen LogP contribution in [0.3, 0.4) is 0 Å². The van der Waals surface area contributed by atoms with E-state index in [2.05, 4.69) is 6.92 Å². The zero-order valence-corrected chi connectivity index (χ0v) is 8.41. The molecule has 0 aliphatic carbocycles. The summed E-state index contributed by atoms with van der Waals surface area (Å²) in [5.41, 5.74) is 2.30. The highest BCUT2D eigenvalue weighted by atomic mass is 16.8. The van der Waals surface area contributed by atoms with Crippen molar-refractivity contribution in [1.82, 2.24) is 0 Å². The molecule has 3 heterocycles. The molecule has 4 nitrogen and oxygen atoms in total. The Hall–Kier alpha value is -0.420. The van der Waals surface area contributed by atoms with Gasteiger partial charge in [0.05, 0.1) is 19.8 Å². The van der Waals surface area contributed by atoms with Gasteiger partial charge in [-0.1, -0.05) is 0 Å². The van der Waals surface area contributed by atoms with E-state index in [1.807, 2.05) is 6.92 Å². The summed E-state index contributed by atoms with van der Waals surface area (Å²) in [7, 11) is 0. The van der Waals surface area contributed by atoms with Gasteiger partial charge in [-0.3, -0.25) is 0 Å². The van der Waals surface area contributed by atoms with Gasteiger partial charge in [0, 0.05) is 0 Å². The first-order chi connectivity index (χ1) is 6.74. The Bertz CT molecular complexity index is 290. The Kier molecular flexibility index (Phi) is 1.77. The molecular formula is C10H14O4. The van der Waals surface area contributed by atoms with Gasteiger partial charge in [0.25, 0.3) is 0 Å². The van der Waals surface area contributed by atoms with Crippen LogP contribution in [0.5, 0.6) is 0 Å². The maximum Gasteiger partial charge on any atom is 0.244 e. The predicted octanol–water partition coefficient (Wildman–Crippen LogP) is 0.821. The Morgan fingerprint density at radius 2 is 1.93 bits per heavy atom. The highest BCUT2D eigenvalue weighted by Gasteiger charge is 2.56. The lowest BCUT2D eigenvalue weighted by Crippen LogP contribution is -2.48. The van der Waals surface area contributed by atoms with Gasteiger partial charge in [0.15, 0.2) is 0 Å². The van der Waals surface area contributed by atoms with Crippen LogP contribution in [0.4, 0.5) is 0 Å². The van der Waals surface area contributed by atoms with Crippen molar-refractivity contribution in [3.8, 4) is 0 Å². The van der Waals surface area contributed by atoms with Crippen LogP contribution in [0, 0.1) is 0 Å². The molecule has 78 valence electrons. The lowest BCUT2D eigenvalue weighted by molar-refractivity contribution is -0.268. The maximum absolute atomic E-state index is 5.69. The fourth-order valence-corrected chi connectivity index (χ4v) is 2.30. The summed E-state index contributed by atoms with van der Waals surface area (Å²) in [4.78, 5) is 0. The zero-order chi connectivity index (χ0) is 9.76. The number of hydrogen-bond donors (Lipinski definition) is 0. The molecule has 2 fully saturated rings. The number of hydrogen-bond acceptors (Lipinski definition) is 4. The zero-order valence-electron chi connectivity index (χ0n) is 8.41. The van der Waals surface area contributed by atoms with Crippen LogP contribution in [-0.4, -0.2) is 38.0 Å². The molecule has 0 aromatic heterocycles. The first-order valence-corrected chi connectivity index (χ1v) is 4.97. The van der Waals surface area contributed by atoms with Crippen LogP contribution in [0.25, 0.3) is 0 Å². The minimum Gasteiger partial charge on any atom is -0.344 e. The minimum absolute atomic E-state index is 0.0958. The largest absolute Gasteiger partial charge is 0.344 e. The van der Waals surface area contributed by atoms with Crippen molar-refractivity contribution in [2.45, 2.75) is 32.0 Å². The van der Waals surface area contributed by atoms with E-state index < -0.39 is 5.79 Å². The van der Waals surface area contributed by atoms with Gasteiger partial charge >= 0.3 is 0 Å². The Morgan fingerprint density at radius 1 is 1.21 bits per heavy atom. The van der Waals surface area contributed by atoms with Crippen LogP contribution in [-0.2, 0) is 18.9 Å². The molecule has 2 saturated heterocycles. The van der Waals surface area contributed by atoms with Gasteiger partial charge in [-0.2, -0.15) is 0 Å². The molecule has 0 aromatic carbocycles.